The van der Waals surface area contributed by atoms with E-state index in [1.165, 1.54) is 12.1 Å². The Kier molecular flexibility index (Phi) is 4.81. The van der Waals surface area contributed by atoms with Crippen LogP contribution in [-0.2, 0) is 0 Å². The summed E-state index contributed by atoms with van der Waals surface area (Å²) in [4.78, 5) is 2.02. The Morgan fingerprint density at radius 1 is 1.19 bits per heavy atom. The van der Waals surface area contributed by atoms with E-state index in [-0.39, 0.29) is 5.82 Å². The van der Waals surface area contributed by atoms with Gasteiger partial charge in [-0.3, -0.25) is 0 Å². The normalized spacial score (nSPS) is 12.0. The lowest BCUT2D eigenvalue weighted by Crippen LogP contribution is -2.18. The molecule has 0 amide bonds. The Balaban J connectivity index is 2.54. The van der Waals surface area contributed by atoms with E-state index < -0.39 is 6.10 Å². The van der Waals surface area contributed by atoms with Crippen molar-refractivity contribution >= 4 is 11.4 Å². The third-order valence-electron chi connectivity index (χ3n) is 3.43. The van der Waals surface area contributed by atoms with Crippen molar-refractivity contribution in [1.82, 2.24) is 0 Å². The number of halogens is 1. The molecule has 21 heavy (non-hydrogen) atoms. The van der Waals surface area contributed by atoms with Crippen LogP contribution in [0.15, 0.2) is 42.5 Å². The van der Waals surface area contributed by atoms with Gasteiger partial charge >= 0.3 is 0 Å². The highest BCUT2D eigenvalue weighted by atomic mass is 19.1. The van der Waals surface area contributed by atoms with Gasteiger partial charge in [0, 0.05) is 17.8 Å². The maximum Gasteiger partial charge on any atom is 0.126 e. The summed E-state index contributed by atoms with van der Waals surface area (Å²) < 4.78 is 18.5. The molecular formula is C17H20FNO2. The first-order valence-corrected chi connectivity index (χ1v) is 6.96. The van der Waals surface area contributed by atoms with Crippen molar-refractivity contribution in [3.8, 4) is 5.75 Å². The summed E-state index contributed by atoms with van der Waals surface area (Å²) in [5, 5.41) is 10.1. The largest absolute Gasteiger partial charge is 0.496 e. The van der Waals surface area contributed by atoms with E-state index in [0.717, 1.165) is 16.9 Å². The van der Waals surface area contributed by atoms with Crippen molar-refractivity contribution in [3.63, 3.8) is 0 Å². The minimum Gasteiger partial charge on any atom is -0.496 e. The van der Waals surface area contributed by atoms with Crippen LogP contribution in [0.4, 0.5) is 15.8 Å². The van der Waals surface area contributed by atoms with Gasteiger partial charge in [-0.25, -0.2) is 4.39 Å². The summed E-state index contributed by atoms with van der Waals surface area (Å²) in [6.07, 6.45) is -0.661. The zero-order valence-electron chi connectivity index (χ0n) is 12.5. The molecule has 1 atom stereocenters. The highest BCUT2D eigenvalue weighted by Gasteiger charge is 2.19. The molecule has 1 N–H and O–H groups in total. The van der Waals surface area contributed by atoms with Crippen molar-refractivity contribution in [3.05, 3.63) is 53.8 Å². The molecule has 4 heteroatoms. The van der Waals surface area contributed by atoms with Crippen LogP contribution in [0.3, 0.4) is 0 Å². The molecular weight excluding hydrogens is 269 g/mol. The number of aliphatic hydroxyl groups is 1. The highest BCUT2D eigenvalue weighted by Crippen LogP contribution is 2.37. The van der Waals surface area contributed by atoms with E-state index in [0.29, 0.717) is 12.3 Å². The average Bonchev–Trinajstić information content (AvgIpc) is 2.49. The minimum atomic E-state index is -0.661. The Hall–Kier alpha value is -2.07. The van der Waals surface area contributed by atoms with Gasteiger partial charge in [0.25, 0.3) is 0 Å². The van der Waals surface area contributed by atoms with Gasteiger partial charge in [0.1, 0.15) is 11.6 Å². The van der Waals surface area contributed by atoms with Gasteiger partial charge in [-0.15, -0.1) is 0 Å². The first kappa shape index (κ1) is 15.3. The number of hydrogen-bond acceptors (Lipinski definition) is 3. The van der Waals surface area contributed by atoms with Crippen LogP contribution in [0, 0.1) is 5.82 Å². The second kappa shape index (κ2) is 6.59. The van der Waals surface area contributed by atoms with Crippen molar-refractivity contribution in [1.29, 1.82) is 0 Å². The van der Waals surface area contributed by atoms with Crippen LogP contribution in [0.1, 0.15) is 25.5 Å². The molecule has 0 unspecified atom stereocenters. The van der Waals surface area contributed by atoms with Gasteiger partial charge < -0.3 is 14.7 Å². The van der Waals surface area contributed by atoms with E-state index in [1.807, 2.05) is 30.0 Å². The van der Waals surface area contributed by atoms with Crippen LogP contribution < -0.4 is 9.64 Å². The lowest BCUT2D eigenvalue weighted by Gasteiger charge is -2.28. The Morgan fingerprint density at radius 3 is 2.38 bits per heavy atom. The van der Waals surface area contributed by atoms with Crippen LogP contribution in [0.25, 0.3) is 0 Å². The summed E-state index contributed by atoms with van der Waals surface area (Å²) in [6, 6.07) is 11.9. The second-order valence-electron chi connectivity index (χ2n) is 4.79. The molecule has 0 saturated heterocycles. The summed E-state index contributed by atoms with van der Waals surface area (Å²) in [5.74, 6) is 0.374. The van der Waals surface area contributed by atoms with Crippen LogP contribution in [0.5, 0.6) is 5.75 Å². The zero-order chi connectivity index (χ0) is 15.4. The fraction of sp³-hybridized carbons (Fsp3) is 0.294. The van der Waals surface area contributed by atoms with Crippen molar-refractivity contribution < 1.29 is 14.2 Å². The molecule has 2 aromatic rings. The molecule has 0 aliphatic heterocycles. The van der Waals surface area contributed by atoms with Gasteiger partial charge in [0.2, 0.25) is 0 Å². The molecule has 0 saturated carbocycles. The van der Waals surface area contributed by atoms with Gasteiger partial charge in [0.15, 0.2) is 0 Å². The molecule has 0 spiro atoms. The molecule has 2 aromatic carbocycles. The lowest BCUT2D eigenvalue weighted by atomic mass is 10.0. The molecule has 0 fully saturated rings. The van der Waals surface area contributed by atoms with Gasteiger partial charge in [-0.1, -0.05) is 6.07 Å². The van der Waals surface area contributed by atoms with Crippen molar-refractivity contribution in [2.45, 2.75) is 20.0 Å². The fourth-order valence-electron chi connectivity index (χ4n) is 2.48. The number of aliphatic hydroxyl groups excluding tert-OH is 1. The number of anilines is 2. The molecule has 112 valence electrons. The topological polar surface area (TPSA) is 32.7 Å². The number of ether oxygens (including phenoxy) is 1. The predicted molar refractivity (Wildman–Crippen MR) is 82.7 cm³/mol. The summed E-state index contributed by atoms with van der Waals surface area (Å²) in [5.41, 5.74) is 2.46. The number of nitrogens with zero attached hydrogens (tertiary/aromatic N) is 1. The standard InChI is InChI=1S/C17H20FNO2/c1-4-19(14-10-8-13(18)9-11-14)15-6-5-7-16(21-3)17(15)12(2)20/h5-12,20H,4H2,1-3H3/t12-/m0/s1. The maximum absolute atomic E-state index is 13.1. The Bertz CT molecular complexity index is 596. The van der Waals surface area contributed by atoms with Gasteiger partial charge in [-0.2, -0.15) is 0 Å². The van der Waals surface area contributed by atoms with E-state index in [9.17, 15) is 9.50 Å². The zero-order valence-corrected chi connectivity index (χ0v) is 12.5. The van der Waals surface area contributed by atoms with E-state index >= 15 is 0 Å². The fourth-order valence-corrected chi connectivity index (χ4v) is 2.48. The lowest BCUT2D eigenvalue weighted by molar-refractivity contribution is 0.195. The minimum absolute atomic E-state index is 0.267. The number of hydrogen-bond donors (Lipinski definition) is 1. The molecule has 0 heterocycles. The third-order valence-corrected chi connectivity index (χ3v) is 3.43. The van der Waals surface area contributed by atoms with E-state index in [1.54, 1.807) is 26.2 Å². The summed E-state index contributed by atoms with van der Waals surface area (Å²) in [7, 11) is 1.58. The average molecular weight is 289 g/mol. The van der Waals surface area contributed by atoms with Gasteiger partial charge in [-0.05, 0) is 50.2 Å². The van der Waals surface area contributed by atoms with Crippen LogP contribution >= 0.6 is 0 Å². The first-order valence-electron chi connectivity index (χ1n) is 6.96. The highest BCUT2D eigenvalue weighted by molar-refractivity contribution is 5.69. The summed E-state index contributed by atoms with van der Waals surface area (Å²) >= 11 is 0. The molecule has 2 rings (SSSR count). The molecule has 0 bridgehead atoms. The quantitative estimate of drug-likeness (QED) is 0.901. The van der Waals surface area contributed by atoms with Crippen molar-refractivity contribution in [2.24, 2.45) is 0 Å². The smallest absolute Gasteiger partial charge is 0.126 e. The SMILES string of the molecule is CCN(c1ccc(F)cc1)c1cccc(OC)c1[C@H](C)O. The van der Waals surface area contributed by atoms with E-state index in [4.69, 9.17) is 4.74 Å². The molecule has 3 nitrogen and oxygen atoms in total. The van der Waals surface area contributed by atoms with Crippen LogP contribution in [0.2, 0.25) is 0 Å². The molecule has 0 aliphatic rings. The predicted octanol–water partition coefficient (Wildman–Crippen LogP) is 4.05. The van der Waals surface area contributed by atoms with E-state index in [2.05, 4.69) is 0 Å². The Morgan fingerprint density at radius 2 is 1.86 bits per heavy atom. The summed E-state index contributed by atoms with van der Waals surface area (Å²) in [6.45, 7) is 4.41. The third kappa shape index (κ3) is 3.16. The number of benzene rings is 2. The number of rotatable bonds is 5. The maximum atomic E-state index is 13.1. The monoisotopic (exact) mass is 289 g/mol. The second-order valence-corrected chi connectivity index (χ2v) is 4.79. The molecule has 0 aliphatic carbocycles. The molecule has 0 aromatic heterocycles. The first-order chi connectivity index (χ1) is 10.1. The van der Waals surface area contributed by atoms with Crippen LogP contribution in [-0.4, -0.2) is 18.8 Å². The van der Waals surface area contributed by atoms with Gasteiger partial charge in [0.05, 0.1) is 18.9 Å². The molecule has 0 radical (unpaired) electrons. The van der Waals surface area contributed by atoms with Crippen molar-refractivity contribution in [2.75, 3.05) is 18.6 Å². The number of methoxy groups -OCH3 is 1. The Labute approximate surface area is 124 Å².